The third kappa shape index (κ3) is 5.94. The van der Waals surface area contributed by atoms with Crippen LogP contribution in [0.15, 0.2) is 40.2 Å². The summed E-state index contributed by atoms with van der Waals surface area (Å²) in [5.41, 5.74) is 1.32. The van der Waals surface area contributed by atoms with Crippen molar-refractivity contribution in [3.8, 4) is 0 Å². The van der Waals surface area contributed by atoms with Gasteiger partial charge in [-0.2, -0.15) is 16.9 Å². The van der Waals surface area contributed by atoms with Crippen LogP contribution in [0.3, 0.4) is 0 Å². The largest absolute Gasteiger partial charge is 0.469 e. The highest BCUT2D eigenvalue weighted by molar-refractivity contribution is 14.0. The highest BCUT2D eigenvalue weighted by Crippen LogP contribution is 2.26. The van der Waals surface area contributed by atoms with E-state index in [-0.39, 0.29) is 24.0 Å². The zero-order valence-corrected chi connectivity index (χ0v) is 18.6. The SMILES string of the molecule is CSCCN=C(NCCc1ccco1)N1CCC(c2cnn(C)c2)C1.I. The topological polar surface area (TPSA) is 58.6 Å². The highest BCUT2D eigenvalue weighted by Gasteiger charge is 2.26. The molecule has 2 aromatic rings. The van der Waals surface area contributed by atoms with E-state index in [0.717, 1.165) is 56.5 Å². The summed E-state index contributed by atoms with van der Waals surface area (Å²) in [5.74, 6) is 3.60. The lowest BCUT2D eigenvalue weighted by Gasteiger charge is -2.22. The Morgan fingerprint density at radius 3 is 3.08 bits per heavy atom. The highest BCUT2D eigenvalue weighted by atomic mass is 127. The molecule has 1 aliphatic rings. The summed E-state index contributed by atoms with van der Waals surface area (Å²) in [6.07, 6.45) is 9.98. The van der Waals surface area contributed by atoms with E-state index < -0.39 is 0 Å². The van der Waals surface area contributed by atoms with E-state index in [4.69, 9.17) is 9.41 Å². The number of aliphatic imine (C=N–C) groups is 1. The molecule has 0 aromatic carbocycles. The number of thioether (sulfide) groups is 1. The molecular weight excluding hydrogens is 461 g/mol. The first-order chi connectivity index (χ1) is 12.3. The molecule has 0 bridgehead atoms. The van der Waals surface area contributed by atoms with Gasteiger partial charge in [-0.3, -0.25) is 9.67 Å². The third-order valence-corrected chi connectivity index (χ3v) is 5.07. The van der Waals surface area contributed by atoms with Crippen LogP contribution in [0.2, 0.25) is 0 Å². The zero-order valence-electron chi connectivity index (χ0n) is 15.4. The van der Waals surface area contributed by atoms with Gasteiger partial charge in [-0.1, -0.05) is 0 Å². The molecule has 144 valence electrons. The van der Waals surface area contributed by atoms with E-state index in [1.807, 2.05) is 41.8 Å². The summed E-state index contributed by atoms with van der Waals surface area (Å²) in [7, 11) is 1.97. The Hall–Kier alpha value is -1.16. The average Bonchev–Trinajstić information content (AvgIpc) is 3.35. The molecule has 0 radical (unpaired) electrons. The first-order valence-electron chi connectivity index (χ1n) is 8.79. The monoisotopic (exact) mass is 489 g/mol. The van der Waals surface area contributed by atoms with E-state index >= 15 is 0 Å². The minimum Gasteiger partial charge on any atom is -0.469 e. The van der Waals surface area contributed by atoms with Crippen LogP contribution < -0.4 is 5.32 Å². The molecule has 0 amide bonds. The zero-order chi connectivity index (χ0) is 17.5. The Morgan fingerprint density at radius 2 is 2.38 bits per heavy atom. The maximum absolute atomic E-state index is 5.41. The molecule has 2 aromatic heterocycles. The number of halogens is 1. The van der Waals surface area contributed by atoms with Gasteiger partial charge in [-0.05, 0) is 30.4 Å². The fraction of sp³-hybridized carbons (Fsp3) is 0.556. The van der Waals surface area contributed by atoms with Crippen molar-refractivity contribution in [2.24, 2.45) is 12.0 Å². The van der Waals surface area contributed by atoms with Crippen molar-refractivity contribution in [1.82, 2.24) is 20.0 Å². The number of nitrogens with one attached hydrogen (secondary N) is 1. The van der Waals surface area contributed by atoms with Crippen LogP contribution in [0.1, 0.15) is 23.7 Å². The quantitative estimate of drug-likeness (QED) is 0.281. The van der Waals surface area contributed by atoms with Crippen molar-refractivity contribution >= 4 is 41.7 Å². The third-order valence-electron chi connectivity index (χ3n) is 4.48. The van der Waals surface area contributed by atoms with Crippen LogP contribution in [-0.2, 0) is 13.5 Å². The number of hydrogen-bond acceptors (Lipinski definition) is 4. The molecule has 6 nitrogen and oxygen atoms in total. The van der Waals surface area contributed by atoms with Gasteiger partial charge in [-0.25, -0.2) is 0 Å². The number of aryl methyl sites for hydroxylation is 1. The summed E-state index contributed by atoms with van der Waals surface area (Å²) in [5, 5.41) is 7.83. The lowest BCUT2D eigenvalue weighted by molar-refractivity contribution is 0.475. The van der Waals surface area contributed by atoms with Crippen molar-refractivity contribution in [3.63, 3.8) is 0 Å². The minimum absolute atomic E-state index is 0. The van der Waals surface area contributed by atoms with Crippen molar-refractivity contribution in [2.45, 2.75) is 18.8 Å². The van der Waals surface area contributed by atoms with Crippen molar-refractivity contribution in [3.05, 3.63) is 42.1 Å². The summed E-state index contributed by atoms with van der Waals surface area (Å²) in [4.78, 5) is 7.18. The van der Waals surface area contributed by atoms with Gasteiger partial charge in [0.05, 0.1) is 19.0 Å². The lowest BCUT2D eigenvalue weighted by atomic mass is 10.0. The summed E-state index contributed by atoms with van der Waals surface area (Å²) in [6.45, 7) is 3.71. The Labute approximate surface area is 176 Å². The number of guanidine groups is 1. The standard InChI is InChI=1S/C18H27N5OS.HI/c1-22-13-16(12-21-22)15-6-9-23(14-15)18(20-8-11-25-2)19-7-5-17-4-3-10-24-17;/h3-4,10,12-13,15H,5-9,11,14H2,1-2H3,(H,19,20);1H. The molecular formula is C18H28IN5OS. The van der Waals surface area contributed by atoms with Crippen LogP contribution in [0.5, 0.6) is 0 Å². The van der Waals surface area contributed by atoms with Crippen molar-refractivity contribution < 1.29 is 4.42 Å². The summed E-state index contributed by atoms with van der Waals surface area (Å²) < 4.78 is 7.29. The van der Waals surface area contributed by atoms with Crippen molar-refractivity contribution in [2.75, 3.05) is 38.2 Å². The smallest absolute Gasteiger partial charge is 0.193 e. The molecule has 0 aliphatic carbocycles. The van der Waals surface area contributed by atoms with Crippen LogP contribution in [0.4, 0.5) is 0 Å². The second-order valence-corrected chi connectivity index (χ2v) is 7.32. The molecule has 3 rings (SSSR count). The normalized spacial score (nSPS) is 17.4. The van der Waals surface area contributed by atoms with E-state index in [2.05, 4.69) is 27.8 Å². The van der Waals surface area contributed by atoms with Gasteiger partial charge in [0.15, 0.2) is 5.96 Å². The number of hydrogen-bond donors (Lipinski definition) is 1. The molecule has 1 atom stereocenters. The Morgan fingerprint density at radius 1 is 1.50 bits per heavy atom. The van der Waals surface area contributed by atoms with Gasteiger partial charge in [-0.15, -0.1) is 24.0 Å². The Kier molecular flexibility index (Phi) is 8.83. The number of furan rings is 1. The van der Waals surface area contributed by atoms with Crippen LogP contribution in [0, 0.1) is 0 Å². The molecule has 1 fully saturated rings. The number of aromatic nitrogens is 2. The fourth-order valence-electron chi connectivity index (χ4n) is 3.14. The van der Waals surface area contributed by atoms with E-state index in [1.54, 1.807) is 6.26 Å². The first-order valence-corrected chi connectivity index (χ1v) is 10.2. The molecule has 1 saturated heterocycles. The molecule has 3 heterocycles. The van der Waals surface area contributed by atoms with Crippen molar-refractivity contribution in [1.29, 1.82) is 0 Å². The molecule has 8 heteroatoms. The number of likely N-dealkylation sites (tertiary alicyclic amines) is 1. The Bertz CT molecular complexity index is 673. The van der Waals surface area contributed by atoms with Gasteiger partial charge >= 0.3 is 0 Å². The van der Waals surface area contributed by atoms with E-state index in [9.17, 15) is 0 Å². The second-order valence-electron chi connectivity index (χ2n) is 6.33. The lowest BCUT2D eigenvalue weighted by Crippen LogP contribution is -2.41. The average molecular weight is 489 g/mol. The van der Waals surface area contributed by atoms with E-state index in [1.165, 1.54) is 5.56 Å². The van der Waals surface area contributed by atoms with Gasteiger partial charge in [0.25, 0.3) is 0 Å². The summed E-state index contributed by atoms with van der Waals surface area (Å²) in [6, 6.07) is 3.95. The molecule has 1 aliphatic heterocycles. The van der Waals surface area contributed by atoms with Gasteiger partial charge in [0, 0.05) is 51.0 Å². The maximum atomic E-state index is 5.41. The van der Waals surface area contributed by atoms with Gasteiger partial charge in [0.2, 0.25) is 0 Å². The molecule has 1 N–H and O–H groups in total. The molecule has 0 spiro atoms. The first kappa shape index (κ1) is 21.1. The van der Waals surface area contributed by atoms with E-state index in [0.29, 0.717) is 5.92 Å². The van der Waals surface area contributed by atoms with Crippen LogP contribution >= 0.6 is 35.7 Å². The molecule has 26 heavy (non-hydrogen) atoms. The van der Waals surface area contributed by atoms with Crippen LogP contribution in [-0.4, -0.2) is 58.8 Å². The second kappa shape index (κ2) is 10.9. The minimum atomic E-state index is 0. The van der Waals surface area contributed by atoms with Gasteiger partial charge in [0.1, 0.15) is 5.76 Å². The predicted molar refractivity (Wildman–Crippen MR) is 119 cm³/mol. The number of rotatable bonds is 7. The maximum Gasteiger partial charge on any atom is 0.193 e. The molecule has 1 unspecified atom stereocenters. The summed E-state index contributed by atoms with van der Waals surface area (Å²) >= 11 is 1.83. The molecule has 0 saturated carbocycles. The Balaban J connectivity index is 0.00000243. The fourth-order valence-corrected chi connectivity index (χ4v) is 3.41. The van der Waals surface area contributed by atoms with Gasteiger partial charge < -0.3 is 14.6 Å². The number of nitrogens with zero attached hydrogens (tertiary/aromatic N) is 4. The van der Waals surface area contributed by atoms with Crippen LogP contribution in [0.25, 0.3) is 0 Å². The predicted octanol–water partition coefficient (Wildman–Crippen LogP) is 2.97.